The van der Waals surface area contributed by atoms with Gasteiger partial charge in [0.05, 0.1) is 16.3 Å². The van der Waals surface area contributed by atoms with Crippen molar-refractivity contribution in [2.75, 3.05) is 5.32 Å². The monoisotopic (exact) mass is 260 g/mol. The van der Waals surface area contributed by atoms with Crippen molar-refractivity contribution < 1.29 is 4.39 Å². The number of halogens is 2. The Hall–Kier alpha value is -2.05. The van der Waals surface area contributed by atoms with Gasteiger partial charge in [0.25, 0.3) is 0 Å². The van der Waals surface area contributed by atoms with E-state index < -0.39 is 5.82 Å². The van der Waals surface area contributed by atoms with E-state index in [-0.39, 0.29) is 5.56 Å². The van der Waals surface area contributed by atoms with E-state index in [1.807, 2.05) is 19.1 Å². The molecule has 0 amide bonds. The molecule has 2 aromatic carbocycles. The van der Waals surface area contributed by atoms with Crippen LogP contribution in [-0.4, -0.2) is 0 Å². The van der Waals surface area contributed by atoms with Gasteiger partial charge < -0.3 is 5.32 Å². The fourth-order valence-corrected chi connectivity index (χ4v) is 1.74. The Labute approximate surface area is 110 Å². The van der Waals surface area contributed by atoms with Crippen LogP contribution in [0.1, 0.15) is 11.1 Å². The molecule has 0 fully saturated rings. The Kier molecular flexibility index (Phi) is 3.50. The molecule has 0 heterocycles. The third-order valence-corrected chi connectivity index (χ3v) is 2.82. The first-order valence-electron chi connectivity index (χ1n) is 5.33. The van der Waals surface area contributed by atoms with Gasteiger partial charge in [0.1, 0.15) is 11.9 Å². The molecule has 1 N–H and O–H groups in total. The minimum absolute atomic E-state index is 0.0240. The maximum absolute atomic E-state index is 13.4. The fourth-order valence-electron chi connectivity index (χ4n) is 1.57. The molecular weight excluding hydrogens is 251 g/mol. The van der Waals surface area contributed by atoms with E-state index in [0.29, 0.717) is 16.4 Å². The highest BCUT2D eigenvalue weighted by Crippen LogP contribution is 2.27. The average molecular weight is 261 g/mol. The minimum Gasteiger partial charge on any atom is -0.354 e. The van der Waals surface area contributed by atoms with Crippen molar-refractivity contribution in [3.8, 4) is 6.07 Å². The van der Waals surface area contributed by atoms with Gasteiger partial charge in [-0.05, 0) is 42.8 Å². The summed E-state index contributed by atoms with van der Waals surface area (Å²) in [5.74, 6) is -0.550. The third-order valence-electron chi connectivity index (χ3n) is 2.49. The molecular formula is C14H10ClFN2. The van der Waals surface area contributed by atoms with Crippen LogP contribution in [0.3, 0.4) is 0 Å². The highest BCUT2D eigenvalue weighted by atomic mass is 35.5. The van der Waals surface area contributed by atoms with Crippen molar-refractivity contribution >= 4 is 23.0 Å². The summed E-state index contributed by atoms with van der Waals surface area (Å²) in [6.07, 6.45) is 0. The summed E-state index contributed by atoms with van der Waals surface area (Å²) in [5, 5.41) is 12.2. The number of hydrogen-bond acceptors (Lipinski definition) is 2. The molecule has 18 heavy (non-hydrogen) atoms. The highest BCUT2D eigenvalue weighted by molar-refractivity contribution is 6.33. The SMILES string of the molecule is Cc1ccc(Cl)c(Nc2ccc(C#N)c(F)c2)c1. The second-order valence-corrected chi connectivity index (χ2v) is 4.32. The van der Waals surface area contributed by atoms with Gasteiger partial charge in [-0.25, -0.2) is 4.39 Å². The van der Waals surface area contributed by atoms with Crippen molar-refractivity contribution in [3.63, 3.8) is 0 Å². The first kappa shape index (κ1) is 12.4. The molecule has 0 aliphatic heterocycles. The number of benzene rings is 2. The van der Waals surface area contributed by atoms with Crippen molar-refractivity contribution in [2.45, 2.75) is 6.92 Å². The van der Waals surface area contributed by atoms with Gasteiger partial charge in [-0.1, -0.05) is 17.7 Å². The van der Waals surface area contributed by atoms with Crippen molar-refractivity contribution in [2.24, 2.45) is 0 Å². The van der Waals surface area contributed by atoms with Gasteiger partial charge in [-0.2, -0.15) is 5.26 Å². The lowest BCUT2D eigenvalue weighted by Gasteiger charge is -2.09. The molecule has 2 rings (SSSR count). The van der Waals surface area contributed by atoms with Crippen LogP contribution >= 0.6 is 11.6 Å². The number of nitriles is 1. The molecule has 0 radical (unpaired) electrons. The number of anilines is 2. The Morgan fingerprint density at radius 3 is 2.67 bits per heavy atom. The molecule has 0 aliphatic carbocycles. The van der Waals surface area contributed by atoms with Crippen LogP contribution in [0.2, 0.25) is 5.02 Å². The predicted molar refractivity (Wildman–Crippen MR) is 70.6 cm³/mol. The largest absolute Gasteiger partial charge is 0.354 e. The number of nitrogens with zero attached hydrogens (tertiary/aromatic N) is 1. The lowest BCUT2D eigenvalue weighted by Crippen LogP contribution is -1.94. The lowest BCUT2D eigenvalue weighted by molar-refractivity contribution is 0.624. The number of hydrogen-bond donors (Lipinski definition) is 1. The summed E-state index contributed by atoms with van der Waals surface area (Å²) >= 11 is 6.04. The molecule has 0 unspecified atom stereocenters. The van der Waals surface area contributed by atoms with Crippen LogP contribution in [-0.2, 0) is 0 Å². The van der Waals surface area contributed by atoms with E-state index >= 15 is 0 Å². The number of nitrogens with one attached hydrogen (secondary N) is 1. The van der Waals surface area contributed by atoms with Crippen LogP contribution in [0, 0.1) is 24.1 Å². The zero-order valence-electron chi connectivity index (χ0n) is 9.67. The smallest absolute Gasteiger partial charge is 0.143 e. The summed E-state index contributed by atoms with van der Waals surface area (Å²) < 4.78 is 13.4. The van der Waals surface area contributed by atoms with E-state index in [9.17, 15) is 4.39 Å². The van der Waals surface area contributed by atoms with E-state index in [4.69, 9.17) is 16.9 Å². The second-order valence-electron chi connectivity index (χ2n) is 3.91. The van der Waals surface area contributed by atoms with E-state index in [2.05, 4.69) is 5.32 Å². The molecule has 0 saturated heterocycles. The highest BCUT2D eigenvalue weighted by Gasteiger charge is 2.05. The predicted octanol–water partition coefficient (Wildman–Crippen LogP) is 4.40. The normalized spacial score (nSPS) is 9.89. The Morgan fingerprint density at radius 1 is 1.22 bits per heavy atom. The van der Waals surface area contributed by atoms with Crippen LogP contribution in [0.5, 0.6) is 0 Å². The lowest BCUT2D eigenvalue weighted by atomic mass is 10.2. The summed E-state index contributed by atoms with van der Waals surface area (Å²) in [7, 11) is 0. The Balaban J connectivity index is 2.32. The summed E-state index contributed by atoms with van der Waals surface area (Å²) in [5.41, 5.74) is 2.34. The van der Waals surface area contributed by atoms with Gasteiger partial charge in [-0.3, -0.25) is 0 Å². The number of aryl methyl sites for hydroxylation is 1. The topological polar surface area (TPSA) is 35.8 Å². The van der Waals surface area contributed by atoms with Crippen LogP contribution in [0.25, 0.3) is 0 Å². The summed E-state index contributed by atoms with van der Waals surface area (Å²) in [4.78, 5) is 0. The van der Waals surface area contributed by atoms with Gasteiger partial charge in [0.2, 0.25) is 0 Å². The molecule has 4 heteroatoms. The Bertz CT molecular complexity index is 632. The van der Waals surface area contributed by atoms with Crippen molar-refractivity contribution in [1.82, 2.24) is 0 Å². The second kappa shape index (κ2) is 5.07. The molecule has 0 aromatic heterocycles. The third kappa shape index (κ3) is 2.61. The molecule has 90 valence electrons. The molecule has 0 spiro atoms. The zero-order chi connectivity index (χ0) is 13.1. The average Bonchev–Trinajstić information content (AvgIpc) is 2.34. The van der Waals surface area contributed by atoms with E-state index in [1.54, 1.807) is 18.2 Å². The van der Waals surface area contributed by atoms with E-state index in [1.165, 1.54) is 12.1 Å². The summed E-state index contributed by atoms with van der Waals surface area (Å²) in [6.45, 7) is 1.95. The molecule has 0 aliphatic rings. The molecule has 0 atom stereocenters. The maximum Gasteiger partial charge on any atom is 0.143 e. The van der Waals surface area contributed by atoms with Gasteiger partial charge >= 0.3 is 0 Å². The fraction of sp³-hybridized carbons (Fsp3) is 0.0714. The van der Waals surface area contributed by atoms with Gasteiger partial charge in [0, 0.05) is 5.69 Å². The van der Waals surface area contributed by atoms with Crippen LogP contribution in [0.15, 0.2) is 36.4 Å². The van der Waals surface area contributed by atoms with Crippen LogP contribution in [0.4, 0.5) is 15.8 Å². The maximum atomic E-state index is 13.4. The number of rotatable bonds is 2. The molecule has 2 aromatic rings. The van der Waals surface area contributed by atoms with Crippen LogP contribution < -0.4 is 5.32 Å². The van der Waals surface area contributed by atoms with Gasteiger partial charge in [0.15, 0.2) is 0 Å². The van der Waals surface area contributed by atoms with E-state index in [0.717, 1.165) is 5.56 Å². The molecule has 0 saturated carbocycles. The van der Waals surface area contributed by atoms with Gasteiger partial charge in [-0.15, -0.1) is 0 Å². The zero-order valence-corrected chi connectivity index (χ0v) is 10.4. The standard InChI is InChI=1S/C14H10ClFN2/c1-9-2-5-12(15)14(6-9)18-11-4-3-10(8-17)13(16)7-11/h2-7,18H,1H3. The first-order valence-corrected chi connectivity index (χ1v) is 5.71. The van der Waals surface area contributed by atoms with Crippen molar-refractivity contribution in [3.05, 3.63) is 58.4 Å². The summed E-state index contributed by atoms with van der Waals surface area (Å²) in [6, 6.07) is 11.7. The quantitative estimate of drug-likeness (QED) is 0.869. The van der Waals surface area contributed by atoms with Crippen molar-refractivity contribution in [1.29, 1.82) is 5.26 Å². The first-order chi connectivity index (χ1) is 8.60. The Morgan fingerprint density at radius 2 is 2.00 bits per heavy atom. The molecule has 0 bridgehead atoms. The molecule has 2 nitrogen and oxygen atoms in total. The minimum atomic E-state index is -0.550.